The summed E-state index contributed by atoms with van der Waals surface area (Å²) in [5.41, 5.74) is 0.0261. The molecule has 1 aliphatic heterocycles. The Morgan fingerprint density at radius 1 is 1.48 bits per heavy atom. The highest BCUT2D eigenvalue weighted by Crippen LogP contribution is 2.23. The van der Waals surface area contributed by atoms with Crippen LogP contribution in [0, 0.1) is 0 Å². The van der Waals surface area contributed by atoms with Gasteiger partial charge in [-0.2, -0.15) is 0 Å². The van der Waals surface area contributed by atoms with Gasteiger partial charge in [-0.1, -0.05) is 12.1 Å². The summed E-state index contributed by atoms with van der Waals surface area (Å²) < 4.78 is 10.4. The SMILES string of the molecule is COc1cccc(CC(=O)NC2(CC(=O)O)CCOC2)c1. The fourth-order valence-electron chi connectivity index (χ4n) is 2.49. The zero-order valence-corrected chi connectivity index (χ0v) is 11.9. The lowest BCUT2D eigenvalue weighted by Crippen LogP contribution is -2.51. The molecule has 0 aromatic heterocycles. The average molecular weight is 293 g/mol. The predicted molar refractivity (Wildman–Crippen MR) is 75.3 cm³/mol. The van der Waals surface area contributed by atoms with Crippen LogP contribution in [0.2, 0.25) is 0 Å². The minimum absolute atomic E-state index is 0.128. The first kappa shape index (κ1) is 15.3. The van der Waals surface area contributed by atoms with Crippen molar-refractivity contribution in [1.82, 2.24) is 5.32 Å². The Balaban J connectivity index is 2.00. The molecule has 1 aromatic rings. The molecule has 6 nitrogen and oxygen atoms in total. The fraction of sp³-hybridized carbons (Fsp3) is 0.467. The summed E-state index contributed by atoms with van der Waals surface area (Å²) in [4.78, 5) is 23.1. The highest BCUT2D eigenvalue weighted by molar-refractivity contribution is 5.80. The Kier molecular flexibility index (Phi) is 4.80. The molecule has 2 N–H and O–H groups in total. The van der Waals surface area contributed by atoms with Crippen molar-refractivity contribution in [2.45, 2.75) is 24.8 Å². The highest BCUT2D eigenvalue weighted by atomic mass is 16.5. The molecule has 1 atom stereocenters. The Hall–Kier alpha value is -2.08. The van der Waals surface area contributed by atoms with Gasteiger partial charge in [0.25, 0.3) is 0 Å². The molecule has 0 aliphatic carbocycles. The zero-order valence-electron chi connectivity index (χ0n) is 11.9. The number of hydrogen-bond acceptors (Lipinski definition) is 4. The lowest BCUT2D eigenvalue weighted by atomic mass is 9.94. The van der Waals surface area contributed by atoms with Crippen LogP contribution in [0.25, 0.3) is 0 Å². The number of rotatable bonds is 6. The van der Waals surface area contributed by atoms with Crippen molar-refractivity contribution in [2.75, 3.05) is 20.3 Å². The van der Waals surface area contributed by atoms with E-state index in [1.54, 1.807) is 19.2 Å². The van der Waals surface area contributed by atoms with E-state index < -0.39 is 11.5 Å². The molecule has 1 heterocycles. The number of carbonyl (C=O) groups is 2. The van der Waals surface area contributed by atoms with E-state index in [0.717, 1.165) is 5.56 Å². The molecule has 114 valence electrons. The van der Waals surface area contributed by atoms with Crippen LogP contribution in [0.15, 0.2) is 24.3 Å². The van der Waals surface area contributed by atoms with Gasteiger partial charge in [-0.05, 0) is 24.1 Å². The van der Waals surface area contributed by atoms with Gasteiger partial charge >= 0.3 is 5.97 Å². The zero-order chi connectivity index (χ0) is 15.3. The quantitative estimate of drug-likeness (QED) is 0.817. The topological polar surface area (TPSA) is 84.9 Å². The number of ether oxygens (including phenoxy) is 2. The Morgan fingerprint density at radius 2 is 2.29 bits per heavy atom. The van der Waals surface area contributed by atoms with Crippen molar-refractivity contribution in [3.8, 4) is 5.75 Å². The average Bonchev–Trinajstić information content (AvgIpc) is 2.85. The van der Waals surface area contributed by atoms with Gasteiger partial charge in [-0.15, -0.1) is 0 Å². The van der Waals surface area contributed by atoms with Crippen LogP contribution in [0.5, 0.6) is 5.75 Å². The summed E-state index contributed by atoms with van der Waals surface area (Å²) in [5, 5.41) is 11.8. The molecular formula is C15H19NO5. The molecule has 1 unspecified atom stereocenters. The molecular weight excluding hydrogens is 274 g/mol. The minimum Gasteiger partial charge on any atom is -0.497 e. The molecule has 0 radical (unpaired) electrons. The monoisotopic (exact) mass is 293 g/mol. The van der Waals surface area contributed by atoms with Crippen LogP contribution in [-0.4, -0.2) is 42.8 Å². The summed E-state index contributed by atoms with van der Waals surface area (Å²) in [6.45, 7) is 0.704. The summed E-state index contributed by atoms with van der Waals surface area (Å²) >= 11 is 0. The van der Waals surface area contributed by atoms with Crippen molar-refractivity contribution >= 4 is 11.9 Å². The van der Waals surface area contributed by atoms with Gasteiger partial charge in [0.05, 0.1) is 32.1 Å². The number of aliphatic carboxylic acids is 1. The predicted octanol–water partition coefficient (Wildman–Crippen LogP) is 0.988. The molecule has 0 saturated carbocycles. The largest absolute Gasteiger partial charge is 0.497 e. The first-order valence-corrected chi connectivity index (χ1v) is 6.76. The second-order valence-corrected chi connectivity index (χ2v) is 5.23. The lowest BCUT2D eigenvalue weighted by Gasteiger charge is -2.27. The first-order valence-electron chi connectivity index (χ1n) is 6.76. The molecule has 2 rings (SSSR count). The molecule has 6 heteroatoms. The maximum Gasteiger partial charge on any atom is 0.305 e. The van der Waals surface area contributed by atoms with Gasteiger partial charge in [-0.25, -0.2) is 0 Å². The molecule has 1 aliphatic rings. The number of benzene rings is 1. The van der Waals surface area contributed by atoms with Crippen LogP contribution in [-0.2, 0) is 20.7 Å². The van der Waals surface area contributed by atoms with Crippen LogP contribution in [0.1, 0.15) is 18.4 Å². The molecule has 21 heavy (non-hydrogen) atoms. The standard InChI is InChI=1S/C15H19NO5/c1-20-12-4-2-3-11(7-12)8-13(17)16-15(9-14(18)19)5-6-21-10-15/h2-4,7H,5-6,8-10H2,1H3,(H,16,17)(H,18,19). The van der Waals surface area contributed by atoms with Crippen molar-refractivity contribution < 1.29 is 24.2 Å². The smallest absolute Gasteiger partial charge is 0.305 e. The van der Waals surface area contributed by atoms with Gasteiger partial charge in [0.15, 0.2) is 0 Å². The van der Waals surface area contributed by atoms with E-state index in [-0.39, 0.29) is 25.4 Å². The first-order chi connectivity index (χ1) is 10.0. The maximum atomic E-state index is 12.2. The van der Waals surface area contributed by atoms with Crippen molar-refractivity contribution in [3.05, 3.63) is 29.8 Å². The van der Waals surface area contributed by atoms with E-state index in [2.05, 4.69) is 5.32 Å². The normalized spacial score (nSPS) is 21.0. The lowest BCUT2D eigenvalue weighted by molar-refractivity contribution is -0.139. The van der Waals surface area contributed by atoms with Crippen LogP contribution in [0.4, 0.5) is 0 Å². The van der Waals surface area contributed by atoms with Crippen molar-refractivity contribution in [2.24, 2.45) is 0 Å². The summed E-state index contributed by atoms with van der Waals surface area (Å²) in [6.07, 6.45) is 0.568. The number of methoxy groups -OCH3 is 1. The number of hydrogen-bond donors (Lipinski definition) is 2. The molecule has 1 amide bonds. The molecule has 1 saturated heterocycles. The number of amides is 1. The second kappa shape index (κ2) is 6.58. The van der Waals surface area contributed by atoms with Crippen LogP contribution in [0.3, 0.4) is 0 Å². The third kappa shape index (κ3) is 4.19. The summed E-state index contributed by atoms with van der Waals surface area (Å²) in [6, 6.07) is 7.23. The number of carboxylic acid groups (broad SMARTS) is 1. The van der Waals surface area contributed by atoms with Gasteiger partial charge in [0.2, 0.25) is 5.91 Å². The minimum atomic E-state index is -0.942. The fourth-order valence-corrected chi connectivity index (χ4v) is 2.49. The van der Waals surface area contributed by atoms with Gasteiger partial charge < -0.3 is 19.9 Å². The highest BCUT2D eigenvalue weighted by Gasteiger charge is 2.38. The van der Waals surface area contributed by atoms with Crippen LogP contribution >= 0.6 is 0 Å². The summed E-state index contributed by atoms with van der Waals surface area (Å²) in [7, 11) is 1.57. The Morgan fingerprint density at radius 3 is 2.90 bits per heavy atom. The number of carbonyl (C=O) groups excluding carboxylic acids is 1. The number of nitrogens with one attached hydrogen (secondary N) is 1. The van der Waals surface area contributed by atoms with Crippen molar-refractivity contribution in [1.29, 1.82) is 0 Å². The number of carboxylic acids is 1. The molecule has 0 spiro atoms. The van der Waals surface area contributed by atoms with Gasteiger partial charge in [-0.3, -0.25) is 9.59 Å². The second-order valence-electron chi connectivity index (χ2n) is 5.23. The van der Waals surface area contributed by atoms with E-state index in [9.17, 15) is 9.59 Å². The Labute approximate surface area is 123 Å². The summed E-state index contributed by atoms with van der Waals surface area (Å²) in [5.74, 6) is -0.470. The van der Waals surface area contributed by atoms with Crippen LogP contribution < -0.4 is 10.1 Å². The third-order valence-corrected chi connectivity index (χ3v) is 3.50. The maximum absolute atomic E-state index is 12.2. The van der Waals surface area contributed by atoms with E-state index in [1.165, 1.54) is 0 Å². The van der Waals surface area contributed by atoms with E-state index in [4.69, 9.17) is 14.6 Å². The molecule has 0 bridgehead atoms. The molecule has 1 aromatic carbocycles. The molecule has 1 fully saturated rings. The van der Waals surface area contributed by atoms with E-state index >= 15 is 0 Å². The Bertz CT molecular complexity index is 523. The van der Waals surface area contributed by atoms with Crippen molar-refractivity contribution in [3.63, 3.8) is 0 Å². The van der Waals surface area contributed by atoms with E-state index in [0.29, 0.717) is 18.8 Å². The van der Waals surface area contributed by atoms with Gasteiger partial charge in [0.1, 0.15) is 5.75 Å². The van der Waals surface area contributed by atoms with Gasteiger partial charge in [0, 0.05) is 6.61 Å². The third-order valence-electron chi connectivity index (χ3n) is 3.50. The van der Waals surface area contributed by atoms with E-state index in [1.807, 2.05) is 12.1 Å².